The normalized spacial score (nSPS) is 14.8. The van der Waals surface area contributed by atoms with Crippen molar-refractivity contribution < 1.29 is 0 Å². The molecule has 0 aromatic heterocycles. The van der Waals surface area contributed by atoms with Crippen molar-refractivity contribution >= 4 is 15.9 Å². The molecule has 0 spiro atoms. The maximum atomic E-state index is 3.63. The summed E-state index contributed by atoms with van der Waals surface area (Å²) < 4.78 is 1.20. The van der Waals surface area contributed by atoms with Gasteiger partial charge < -0.3 is 5.32 Å². The Kier molecular flexibility index (Phi) is 7.78. The second-order valence-electron chi connectivity index (χ2n) is 6.28. The van der Waals surface area contributed by atoms with E-state index in [1.807, 2.05) is 0 Å². The zero-order chi connectivity index (χ0) is 15.1. The Morgan fingerprint density at radius 3 is 2.35 bits per heavy atom. The largest absolute Gasteiger partial charge is 0.316 e. The predicted octanol–water partition coefficient (Wildman–Crippen LogP) is 4.15. The summed E-state index contributed by atoms with van der Waals surface area (Å²) in [5.74, 6) is 1.36. The SMILES string of the molecule is CC(C)CNCC(C)C(C)N(C)Cc1ccccc1Br. The molecule has 0 bridgehead atoms. The zero-order valence-corrected chi connectivity index (χ0v) is 15.1. The summed E-state index contributed by atoms with van der Waals surface area (Å²) in [5.41, 5.74) is 1.35. The molecule has 3 heteroatoms. The van der Waals surface area contributed by atoms with E-state index in [0.29, 0.717) is 12.0 Å². The van der Waals surface area contributed by atoms with E-state index in [4.69, 9.17) is 0 Å². The first-order valence-corrected chi connectivity index (χ1v) is 8.35. The molecule has 2 unspecified atom stereocenters. The van der Waals surface area contributed by atoms with E-state index >= 15 is 0 Å². The Morgan fingerprint density at radius 1 is 1.10 bits per heavy atom. The van der Waals surface area contributed by atoms with Gasteiger partial charge in [0.1, 0.15) is 0 Å². The number of benzene rings is 1. The minimum Gasteiger partial charge on any atom is -0.316 e. The Balaban J connectivity index is 2.45. The summed E-state index contributed by atoms with van der Waals surface area (Å²) in [6.07, 6.45) is 0. The molecule has 0 fully saturated rings. The fourth-order valence-electron chi connectivity index (χ4n) is 2.24. The van der Waals surface area contributed by atoms with Gasteiger partial charge in [-0.1, -0.05) is 54.9 Å². The third-order valence-electron chi connectivity index (χ3n) is 3.92. The van der Waals surface area contributed by atoms with Crippen LogP contribution in [0.4, 0.5) is 0 Å². The van der Waals surface area contributed by atoms with Gasteiger partial charge in [-0.25, -0.2) is 0 Å². The second kappa shape index (κ2) is 8.81. The van der Waals surface area contributed by atoms with Crippen LogP contribution in [0, 0.1) is 11.8 Å². The highest BCUT2D eigenvalue weighted by Crippen LogP contribution is 2.19. The molecule has 0 amide bonds. The molecule has 0 aliphatic carbocycles. The van der Waals surface area contributed by atoms with Gasteiger partial charge >= 0.3 is 0 Å². The number of hydrogen-bond donors (Lipinski definition) is 1. The molecule has 1 aromatic carbocycles. The van der Waals surface area contributed by atoms with Crippen molar-refractivity contribution in [2.45, 2.75) is 40.3 Å². The molecule has 1 aromatic rings. The molecule has 1 rings (SSSR count). The van der Waals surface area contributed by atoms with Crippen LogP contribution in [0.1, 0.15) is 33.3 Å². The first-order chi connectivity index (χ1) is 9.41. The average Bonchev–Trinajstić information content (AvgIpc) is 2.39. The predicted molar refractivity (Wildman–Crippen MR) is 91.9 cm³/mol. The van der Waals surface area contributed by atoms with Gasteiger partial charge in [-0.15, -0.1) is 0 Å². The number of rotatable bonds is 8. The minimum absolute atomic E-state index is 0.557. The van der Waals surface area contributed by atoms with E-state index in [0.717, 1.165) is 25.6 Å². The molecule has 2 atom stereocenters. The van der Waals surface area contributed by atoms with Crippen molar-refractivity contribution in [3.8, 4) is 0 Å². The third-order valence-corrected chi connectivity index (χ3v) is 4.69. The molecule has 114 valence electrons. The van der Waals surface area contributed by atoms with Gasteiger partial charge in [-0.3, -0.25) is 4.90 Å². The molecule has 0 aliphatic rings. The highest BCUT2D eigenvalue weighted by atomic mass is 79.9. The lowest BCUT2D eigenvalue weighted by Gasteiger charge is -2.30. The van der Waals surface area contributed by atoms with Crippen LogP contribution in [-0.4, -0.2) is 31.1 Å². The van der Waals surface area contributed by atoms with Gasteiger partial charge in [0.05, 0.1) is 0 Å². The van der Waals surface area contributed by atoms with Gasteiger partial charge in [0, 0.05) is 17.1 Å². The smallest absolute Gasteiger partial charge is 0.0244 e. The topological polar surface area (TPSA) is 15.3 Å². The van der Waals surface area contributed by atoms with Gasteiger partial charge in [0.15, 0.2) is 0 Å². The number of halogens is 1. The Labute approximate surface area is 133 Å². The molecule has 2 nitrogen and oxygen atoms in total. The quantitative estimate of drug-likeness (QED) is 0.764. The summed E-state index contributed by atoms with van der Waals surface area (Å²) in [7, 11) is 2.21. The van der Waals surface area contributed by atoms with Crippen LogP contribution in [0.15, 0.2) is 28.7 Å². The van der Waals surface area contributed by atoms with Crippen molar-refractivity contribution in [2.75, 3.05) is 20.1 Å². The molecule has 0 saturated heterocycles. The van der Waals surface area contributed by atoms with Crippen molar-refractivity contribution in [3.05, 3.63) is 34.3 Å². The molecule has 0 saturated carbocycles. The summed E-state index contributed by atoms with van der Waals surface area (Å²) in [6.45, 7) is 12.3. The van der Waals surface area contributed by atoms with Gasteiger partial charge in [0.2, 0.25) is 0 Å². The van der Waals surface area contributed by atoms with E-state index in [2.05, 4.69) is 85.2 Å². The Bertz CT molecular complexity index is 392. The van der Waals surface area contributed by atoms with Crippen molar-refractivity contribution in [1.82, 2.24) is 10.2 Å². The van der Waals surface area contributed by atoms with Crippen molar-refractivity contribution in [1.29, 1.82) is 0 Å². The van der Waals surface area contributed by atoms with Gasteiger partial charge in [-0.05, 0) is 50.5 Å². The van der Waals surface area contributed by atoms with Crippen molar-refractivity contribution in [3.63, 3.8) is 0 Å². The van der Waals surface area contributed by atoms with E-state index in [1.165, 1.54) is 10.0 Å². The number of nitrogens with zero attached hydrogens (tertiary/aromatic N) is 1. The van der Waals surface area contributed by atoms with E-state index in [9.17, 15) is 0 Å². The number of hydrogen-bond acceptors (Lipinski definition) is 2. The van der Waals surface area contributed by atoms with Crippen LogP contribution in [0.2, 0.25) is 0 Å². The van der Waals surface area contributed by atoms with Crippen LogP contribution in [0.3, 0.4) is 0 Å². The van der Waals surface area contributed by atoms with Crippen LogP contribution in [0.5, 0.6) is 0 Å². The molecule has 0 aliphatic heterocycles. The molecule has 1 N–H and O–H groups in total. The van der Waals surface area contributed by atoms with Crippen LogP contribution in [-0.2, 0) is 6.54 Å². The third kappa shape index (κ3) is 5.94. The molecule has 0 radical (unpaired) electrons. The van der Waals surface area contributed by atoms with E-state index < -0.39 is 0 Å². The maximum Gasteiger partial charge on any atom is 0.0244 e. The standard InChI is InChI=1S/C17H29BrN2/c1-13(2)10-19-11-14(3)15(4)20(5)12-16-8-6-7-9-17(16)18/h6-9,13-15,19H,10-12H2,1-5H3. The first kappa shape index (κ1) is 17.7. The lowest BCUT2D eigenvalue weighted by atomic mass is 10.0. The molecule has 20 heavy (non-hydrogen) atoms. The lowest BCUT2D eigenvalue weighted by Crippen LogP contribution is -2.39. The second-order valence-corrected chi connectivity index (χ2v) is 7.13. The fourth-order valence-corrected chi connectivity index (χ4v) is 2.65. The molecular formula is C17H29BrN2. The van der Waals surface area contributed by atoms with E-state index in [1.54, 1.807) is 0 Å². The average molecular weight is 341 g/mol. The number of nitrogens with one attached hydrogen (secondary N) is 1. The van der Waals surface area contributed by atoms with Crippen LogP contribution >= 0.6 is 15.9 Å². The summed E-state index contributed by atoms with van der Waals surface area (Å²) in [6, 6.07) is 9.03. The van der Waals surface area contributed by atoms with Crippen LogP contribution < -0.4 is 5.32 Å². The maximum absolute atomic E-state index is 3.63. The van der Waals surface area contributed by atoms with Crippen molar-refractivity contribution in [2.24, 2.45) is 11.8 Å². The summed E-state index contributed by atoms with van der Waals surface area (Å²) in [4.78, 5) is 2.43. The summed E-state index contributed by atoms with van der Waals surface area (Å²) >= 11 is 3.63. The molecular weight excluding hydrogens is 312 g/mol. The monoisotopic (exact) mass is 340 g/mol. The highest BCUT2D eigenvalue weighted by Gasteiger charge is 2.17. The van der Waals surface area contributed by atoms with Crippen LogP contribution in [0.25, 0.3) is 0 Å². The highest BCUT2D eigenvalue weighted by molar-refractivity contribution is 9.10. The van der Waals surface area contributed by atoms with Gasteiger partial charge in [0.25, 0.3) is 0 Å². The fraction of sp³-hybridized carbons (Fsp3) is 0.647. The first-order valence-electron chi connectivity index (χ1n) is 7.56. The Morgan fingerprint density at radius 2 is 1.75 bits per heavy atom. The minimum atomic E-state index is 0.557. The van der Waals surface area contributed by atoms with E-state index in [-0.39, 0.29) is 0 Å². The lowest BCUT2D eigenvalue weighted by molar-refractivity contribution is 0.187. The molecule has 0 heterocycles. The zero-order valence-electron chi connectivity index (χ0n) is 13.5. The Hall–Kier alpha value is -0.380. The van der Waals surface area contributed by atoms with Gasteiger partial charge in [-0.2, -0.15) is 0 Å². The summed E-state index contributed by atoms with van der Waals surface area (Å²) in [5, 5.41) is 3.56.